The molecule has 1 aliphatic rings. The van der Waals surface area contributed by atoms with Crippen molar-refractivity contribution in [3.63, 3.8) is 0 Å². The molecule has 1 saturated carbocycles. The number of aromatic amines is 1. The van der Waals surface area contributed by atoms with E-state index in [0.29, 0.717) is 0 Å². The van der Waals surface area contributed by atoms with Gasteiger partial charge < -0.3 is 4.75 Å². The number of hydrogen-bond donors (Lipinski definition) is 1. The summed E-state index contributed by atoms with van der Waals surface area (Å²) in [6.07, 6.45) is 16.3. The summed E-state index contributed by atoms with van der Waals surface area (Å²) in [4.78, 5) is 0. The van der Waals surface area contributed by atoms with Crippen LogP contribution in [0.25, 0.3) is 0 Å². The van der Waals surface area contributed by atoms with E-state index in [9.17, 15) is 0 Å². The molecular formula is C13H23N2P. The van der Waals surface area contributed by atoms with Gasteiger partial charge >= 0.3 is 0 Å². The highest BCUT2D eigenvalue weighted by molar-refractivity contribution is 7.20. The van der Waals surface area contributed by atoms with Crippen molar-refractivity contribution in [2.75, 3.05) is 0 Å². The molecule has 0 radical (unpaired) electrons. The molecule has 1 fully saturated rings. The van der Waals surface area contributed by atoms with Gasteiger partial charge in [-0.15, -0.1) is 0 Å². The molecule has 0 aromatic carbocycles. The monoisotopic (exact) mass is 238 g/mol. The van der Waals surface area contributed by atoms with Crippen LogP contribution in [0, 0.1) is 0 Å². The molecule has 2 rings (SSSR count). The van der Waals surface area contributed by atoms with Gasteiger partial charge in [0.15, 0.2) is 0 Å². The van der Waals surface area contributed by atoms with E-state index < -0.39 is 0 Å². The molecule has 0 amide bonds. The average Bonchev–Trinajstić information content (AvgIpc) is 2.79. The first-order valence-corrected chi connectivity index (χ1v) is 7.68. The number of nitrogens with one attached hydrogen (secondary N) is 1. The Morgan fingerprint density at radius 3 is 2.00 bits per heavy atom. The molecule has 0 atom stereocenters. The Kier molecular flexibility index (Phi) is 5.34. The largest absolute Gasteiger partial charge is 0.328 e. The van der Waals surface area contributed by atoms with Crippen molar-refractivity contribution in [1.82, 2.24) is 9.49 Å². The Hall–Kier alpha value is -0.360. The first-order chi connectivity index (χ1) is 7.97. The zero-order valence-electron chi connectivity index (χ0n) is 10.1. The van der Waals surface area contributed by atoms with Crippen molar-refractivity contribution >= 4 is 8.51 Å². The summed E-state index contributed by atoms with van der Waals surface area (Å²) in [6.45, 7) is 0. The molecule has 3 heteroatoms. The van der Waals surface area contributed by atoms with E-state index >= 15 is 0 Å². The molecule has 90 valence electrons. The molecule has 0 saturated heterocycles. The van der Waals surface area contributed by atoms with Crippen molar-refractivity contribution in [3.05, 3.63) is 11.9 Å². The predicted octanol–water partition coefficient (Wildman–Crippen LogP) is 4.99. The molecule has 2 nitrogen and oxygen atoms in total. The van der Waals surface area contributed by atoms with Gasteiger partial charge in [-0.2, -0.15) is 0 Å². The highest BCUT2D eigenvalue weighted by atomic mass is 31.1. The molecule has 0 unspecified atom stereocenters. The normalized spacial score (nSPS) is 22.0. The molecule has 1 aromatic rings. The van der Waals surface area contributed by atoms with E-state index in [1.807, 2.05) is 0 Å². The Morgan fingerprint density at radius 2 is 1.50 bits per heavy atom. The molecule has 0 spiro atoms. The minimum atomic E-state index is 0.737. The van der Waals surface area contributed by atoms with E-state index in [1.165, 1.54) is 69.9 Å². The van der Waals surface area contributed by atoms with E-state index in [4.69, 9.17) is 0 Å². The van der Waals surface area contributed by atoms with Gasteiger partial charge in [0.1, 0.15) is 8.51 Å². The summed E-state index contributed by atoms with van der Waals surface area (Å²) in [6, 6.07) is 0. The summed E-state index contributed by atoms with van der Waals surface area (Å²) in [5, 5.41) is 0. The van der Waals surface area contributed by atoms with Crippen LogP contribution < -0.4 is 0 Å². The van der Waals surface area contributed by atoms with Crippen molar-refractivity contribution < 1.29 is 0 Å². The Morgan fingerprint density at radius 1 is 0.938 bits per heavy atom. The van der Waals surface area contributed by atoms with Gasteiger partial charge in [0.2, 0.25) is 0 Å². The topological polar surface area (TPSA) is 28.7 Å². The average molecular weight is 238 g/mol. The molecule has 1 aromatic heterocycles. The Bertz CT molecular complexity index is 259. The maximum Gasteiger partial charge on any atom is 0.129 e. The van der Waals surface area contributed by atoms with Gasteiger partial charge in [0.05, 0.1) is 5.69 Å². The van der Waals surface area contributed by atoms with Crippen LogP contribution in [-0.2, 0) is 0 Å². The lowest BCUT2D eigenvalue weighted by atomic mass is 9.93. The Labute approximate surface area is 100 Å². The van der Waals surface area contributed by atoms with Crippen LogP contribution in [0.3, 0.4) is 0 Å². The van der Waals surface area contributed by atoms with Gasteiger partial charge in [-0.05, 0) is 12.8 Å². The van der Waals surface area contributed by atoms with Gasteiger partial charge in [0, 0.05) is 12.1 Å². The van der Waals surface area contributed by atoms with Crippen LogP contribution in [-0.4, -0.2) is 9.49 Å². The molecule has 0 bridgehead atoms. The van der Waals surface area contributed by atoms with Crippen LogP contribution in [0.15, 0.2) is 6.20 Å². The second-order valence-electron chi connectivity index (χ2n) is 5.00. The van der Waals surface area contributed by atoms with E-state index in [0.717, 1.165) is 14.4 Å². The third kappa shape index (κ3) is 3.90. The SMILES string of the molecule is c1[nH]pnc1C1CCCCCCCCCC1. The van der Waals surface area contributed by atoms with Crippen LogP contribution in [0.1, 0.15) is 75.8 Å². The summed E-state index contributed by atoms with van der Waals surface area (Å²) < 4.78 is 7.72. The van der Waals surface area contributed by atoms with Gasteiger partial charge in [0.25, 0.3) is 0 Å². The highest BCUT2D eigenvalue weighted by Gasteiger charge is 2.13. The first-order valence-electron chi connectivity index (χ1n) is 6.83. The maximum atomic E-state index is 4.53. The van der Waals surface area contributed by atoms with E-state index in [-0.39, 0.29) is 0 Å². The van der Waals surface area contributed by atoms with Crippen molar-refractivity contribution in [3.8, 4) is 0 Å². The van der Waals surface area contributed by atoms with Crippen molar-refractivity contribution in [1.29, 1.82) is 0 Å². The number of hydrogen-bond acceptors (Lipinski definition) is 1. The quantitative estimate of drug-likeness (QED) is 0.733. The molecule has 1 N–H and O–H groups in total. The molecule has 1 heterocycles. The lowest BCUT2D eigenvalue weighted by Crippen LogP contribution is -1.99. The smallest absolute Gasteiger partial charge is 0.129 e. The summed E-state index contributed by atoms with van der Waals surface area (Å²) >= 11 is 0. The number of aromatic nitrogens is 2. The van der Waals surface area contributed by atoms with Gasteiger partial charge in [-0.25, -0.2) is 4.75 Å². The van der Waals surface area contributed by atoms with Crippen LogP contribution in [0.4, 0.5) is 0 Å². The third-order valence-corrected chi connectivity index (χ3v) is 4.28. The predicted molar refractivity (Wildman–Crippen MR) is 70.0 cm³/mol. The van der Waals surface area contributed by atoms with Crippen LogP contribution >= 0.6 is 8.51 Å². The number of rotatable bonds is 1. The fourth-order valence-corrected chi connectivity index (χ4v) is 3.28. The Balaban J connectivity index is 1.88. The van der Waals surface area contributed by atoms with E-state index in [1.54, 1.807) is 0 Å². The fraction of sp³-hybridized carbons (Fsp3) is 0.846. The lowest BCUT2D eigenvalue weighted by Gasteiger charge is -2.13. The fourth-order valence-electron chi connectivity index (χ4n) is 2.69. The molecule has 16 heavy (non-hydrogen) atoms. The summed E-state index contributed by atoms with van der Waals surface area (Å²) in [7, 11) is 1.04. The first kappa shape index (κ1) is 12.1. The van der Waals surface area contributed by atoms with Crippen LogP contribution in [0.2, 0.25) is 0 Å². The minimum Gasteiger partial charge on any atom is -0.328 e. The third-order valence-electron chi connectivity index (χ3n) is 3.71. The summed E-state index contributed by atoms with van der Waals surface area (Å²) in [5.41, 5.74) is 1.33. The van der Waals surface area contributed by atoms with Gasteiger partial charge in [-0.1, -0.05) is 51.4 Å². The van der Waals surface area contributed by atoms with Crippen LogP contribution in [0.5, 0.6) is 0 Å². The second-order valence-corrected chi connectivity index (χ2v) is 5.66. The molecule has 1 aliphatic carbocycles. The number of H-pyrrole nitrogens is 1. The molecular weight excluding hydrogens is 215 g/mol. The zero-order valence-corrected chi connectivity index (χ0v) is 11.0. The minimum absolute atomic E-state index is 0.737. The lowest BCUT2D eigenvalue weighted by molar-refractivity contribution is 0.507. The standard InChI is InChI=1S/C13H23N2P/c1-2-4-6-8-10-12(9-7-5-3-1)13-11-14-16-15-13/h11-12H,1-10H2,(H,14,15). The summed E-state index contributed by atoms with van der Waals surface area (Å²) in [5.74, 6) is 0.737. The maximum absolute atomic E-state index is 4.53. The van der Waals surface area contributed by atoms with Crippen molar-refractivity contribution in [2.45, 2.75) is 70.1 Å². The highest BCUT2D eigenvalue weighted by Crippen LogP contribution is 2.28. The van der Waals surface area contributed by atoms with Crippen molar-refractivity contribution in [2.24, 2.45) is 0 Å². The van der Waals surface area contributed by atoms with E-state index in [2.05, 4.69) is 15.7 Å². The zero-order chi connectivity index (χ0) is 11.1. The van der Waals surface area contributed by atoms with Gasteiger partial charge in [-0.3, -0.25) is 0 Å². The number of nitrogens with zero attached hydrogens (tertiary/aromatic N) is 1. The molecule has 0 aliphatic heterocycles. The second kappa shape index (κ2) is 7.06.